The second-order valence-electron chi connectivity index (χ2n) is 5.48. The minimum atomic E-state index is -0.535. The molecule has 0 spiro atoms. The lowest BCUT2D eigenvalue weighted by molar-refractivity contribution is -0.127. The van der Waals surface area contributed by atoms with E-state index in [-0.39, 0.29) is 35.1 Å². The second kappa shape index (κ2) is 6.42. The molecule has 1 aromatic heterocycles. The number of amides is 1. The molecule has 2 heterocycles. The van der Waals surface area contributed by atoms with Crippen LogP contribution >= 0.6 is 11.6 Å². The highest BCUT2D eigenvalue weighted by atomic mass is 35.5. The Morgan fingerprint density at radius 1 is 1.46 bits per heavy atom. The van der Waals surface area contributed by atoms with Gasteiger partial charge < -0.3 is 10.2 Å². The monoisotopic (exact) mass is 345 g/mol. The van der Waals surface area contributed by atoms with E-state index >= 15 is 0 Å². The summed E-state index contributed by atoms with van der Waals surface area (Å²) in [6.45, 7) is 0. The average Bonchev–Trinajstić information content (AvgIpc) is 2.84. The molecule has 2 atom stereocenters. The Bertz CT molecular complexity index is 837. The number of carbonyl (C=O) groups excluding carboxylic acids is 1. The molecule has 0 unspecified atom stereocenters. The SMILES string of the molecule is CN1C(=O)C[C@H](Nc2cncc(C#N)n2)[C@H]1c1ccc(Cl)c(F)c1. The average molecular weight is 346 g/mol. The molecule has 1 N–H and O–H groups in total. The van der Waals surface area contributed by atoms with E-state index in [1.807, 2.05) is 6.07 Å². The van der Waals surface area contributed by atoms with E-state index in [0.29, 0.717) is 11.4 Å². The number of hydrogen-bond acceptors (Lipinski definition) is 5. The van der Waals surface area contributed by atoms with Crippen molar-refractivity contribution < 1.29 is 9.18 Å². The van der Waals surface area contributed by atoms with Gasteiger partial charge in [-0.15, -0.1) is 0 Å². The van der Waals surface area contributed by atoms with Crippen molar-refractivity contribution in [3.63, 3.8) is 0 Å². The summed E-state index contributed by atoms with van der Waals surface area (Å²) in [6.07, 6.45) is 3.05. The summed E-state index contributed by atoms with van der Waals surface area (Å²) in [5, 5.41) is 12.0. The Morgan fingerprint density at radius 3 is 2.96 bits per heavy atom. The van der Waals surface area contributed by atoms with Gasteiger partial charge in [0.2, 0.25) is 5.91 Å². The van der Waals surface area contributed by atoms with Crippen molar-refractivity contribution in [1.82, 2.24) is 14.9 Å². The lowest BCUT2D eigenvalue weighted by atomic mass is 10.00. The van der Waals surface area contributed by atoms with Gasteiger partial charge in [-0.05, 0) is 17.7 Å². The number of anilines is 1. The first-order valence-electron chi connectivity index (χ1n) is 7.19. The van der Waals surface area contributed by atoms with Crippen molar-refractivity contribution >= 4 is 23.3 Å². The van der Waals surface area contributed by atoms with E-state index in [1.165, 1.54) is 24.5 Å². The molecule has 1 fully saturated rings. The van der Waals surface area contributed by atoms with Gasteiger partial charge in [0.05, 0.1) is 29.5 Å². The summed E-state index contributed by atoms with van der Waals surface area (Å²) in [5.74, 6) is -0.217. The van der Waals surface area contributed by atoms with E-state index < -0.39 is 5.82 Å². The molecule has 0 saturated carbocycles. The molecule has 122 valence electrons. The fourth-order valence-corrected chi connectivity index (χ4v) is 2.95. The number of nitrogens with zero attached hydrogens (tertiary/aromatic N) is 4. The molecule has 1 aromatic carbocycles. The van der Waals surface area contributed by atoms with Crippen LogP contribution < -0.4 is 5.32 Å². The highest BCUT2D eigenvalue weighted by Crippen LogP contribution is 2.34. The van der Waals surface area contributed by atoms with Crippen LogP contribution in [0.25, 0.3) is 0 Å². The van der Waals surface area contributed by atoms with Crippen LogP contribution in [0.2, 0.25) is 5.02 Å². The predicted molar refractivity (Wildman–Crippen MR) is 85.7 cm³/mol. The number of benzene rings is 1. The third kappa shape index (κ3) is 3.01. The van der Waals surface area contributed by atoms with Crippen molar-refractivity contribution in [2.75, 3.05) is 12.4 Å². The third-order valence-electron chi connectivity index (χ3n) is 3.95. The maximum Gasteiger partial charge on any atom is 0.225 e. The van der Waals surface area contributed by atoms with E-state index in [4.69, 9.17) is 16.9 Å². The van der Waals surface area contributed by atoms with Crippen LogP contribution in [-0.4, -0.2) is 33.9 Å². The number of likely N-dealkylation sites (N-methyl/N-ethyl adjacent to an activating group) is 1. The van der Waals surface area contributed by atoms with Gasteiger partial charge in [-0.2, -0.15) is 5.26 Å². The molecule has 1 amide bonds. The Morgan fingerprint density at radius 2 is 2.25 bits per heavy atom. The van der Waals surface area contributed by atoms with E-state index in [9.17, 15) is 9.18 Å². The number of hydrogen-bond donors (Lipinski definition) is 1. The molecule has 2 aromatic rings. The van der Waals surface area contributed by atoms with E-state index in [0.717, 1.165) is 0 Å². The summed E-state index contributed by atoms with van der Waals surface area (Å²) in [6, 6.07) is 5.69. The first-order chi connectivity index (χ1) is 11.5. The molecule has 0 aliphatic carbocycles. The summed E-state index contributed by atoms with van der Waals surface area (Å²) >= 11 is 5.73. The van der Waals surface area contributed by atoms with E-state index in [1.54, 1.807) is 18.0 Å². The Kier molecular flexibility index (Phi) is 4.32. The number of carbonyl (C=O) groups is 1. The summed E-state index contributed by atoms with van der Waals surface area (Å²) in [5.41, 5.74) is 0.805. The van der Waals surface area contributed by atoms with Crippen molar-refractivity contribution in [1.29, 1.82) is 5.26 Å². The second-order valence-corrected chi connectivity index (χ2v) is 5.89. The largest absolute Gasteiger partial charge is 0.363 e. The Hall–Kier alpha value is -2.72. The van der Waals surface area contributed by atoms with Crippen LogP contribution in [0.5, 0.6) is 0 Å². The number of rotatable bonds is 3. The Labute approximate surface area is 142 Å². The van der Waals surface area contributed by atoms with Crippen LogP contribution in [0.15, 0.2) is 30.6 Å². The third-order valence-corrected chi connectivity index (χ3v) is 4.26. The zero-order chi connectivity index (χ0) is 17.3. The summed E-state index contributed by atoms with van der Waals surface area (Å²) in [4.78, 5) is 21.7. The predicted octanol–water partition coefficient (Wildman–Crippen LogP) is 2.52. The molecule has 1 saturated heterocycles. The lowest BCUT2D eigenvalue weighted by Gasteiger charge is -2.26. The van der Waals surface area contributed by atoms with E-state index in [2.05, 4.69) is 15.3 Å². The molecule has 0 bridgehead atoms. The molecule has 8 heteroatoms. The molecule has 1 aliphatic heterocycles. The maximum atomic E-state index is 13.8. The van der Waals surface area contributed by atoms with Gasteiger partial charge in [0.15, 0.2) is 5.69 Å². The minimum absolute atomic E-state index is 0.0304. The standard InChI is InChI=1S/C16H13ClFN5O/c1-23-15(24)5-13(22-14-8-20-7-10(6-19)21-14)16(23)9-2-3-11(17)12(18)4-9/h2-4,7-8,13,16H,5H2,1H3,(H,21,22)/t13-,16+/m0/s1. The summed E-state index contributed by atoms with van der Waals surface area (Å²) in [7, 11) is 1.67. The first-order valence-corrected chi connectivity index (χ1v) is 7.56. The van der Waals surface area contributed by atoms with Crippen LogP contribution in [-0.2, 0) is 4.79 Å². The topological polar surface area (TPSA) is 81.9 Å². The zero-order valence-electron chi connectivity index (χ0n) is 12.7. The van der Waals surface area contributed by atoms with Gasteiger partial charge in [0.1, 0.15) is 17.7 Å². The fraction of sp³-hybridized carbons (Fsp3) is 0.250. The van der Waals surface area contributed by atoms with Crippen LogP contribution in [0.4, 0.5) is 10.2 Å². The van der Waals surface area contributed by atoms with Crippen LogP contribution in [0, 0.1) is 17.1 Å². The smallest absolute Gasteiger partial charge is 0.225 e. The number of halogens is 2. The summed E-state index contributed by atoms with van der Waals surface area (Å²) < 4.78 is 13.8. The molecule has 1 aliphatic rings. The van der Waals surface area contributed by atoms with Crippen molar-refractivity contribution in [2.45, 2.75) is 18.5 Å². The highest BCUT2D eigenvalue weighted by molar-refractivity contribution is 6.30. The molecule has 3 rings (SSSR count). The quantitative estimate of drug-likeness (QED) is 0.924. The maximum absolute atomic E-state index is 13.8. The van der Waals surface area contributed by atoms with Crippen LogP contribution in [0.1, 0.15) is 23.7 Å². The number of likely N-dealkylation sites (tertiary alicyclic amines) is 1. The van der Waals surface area contributed by atoms with Crippen molar-refractivity contribution in [3.05, 3.63) is 52.7 Å². The number of nitriles is 1. The zero-order valence-corrected chi connectivity index (χ0v) is 13.5. The van der Waals surface area contributed by atoms with Gasteiger partial charge in [-0.1, -0.05) is 17.7 Å². The number of aromatic nitrogens is 2. The lowest BCUT2D eigenvalue weighted by Crippen LogP contribution is -2.30. The normalized spacial score (nSPS) is 20.1. The van der Waals surface area contributed by atoms with Gasteiger partial charge in [0.25, 0.3) is 0 Å². The molecule has 24 heavy (non-hydrogen) atoms. The van der Waals surface area contributed by atoms with Gasteiger partial charge >= 0.3 is 0 Å². The van der Waals surface area contributed by atoms with Gasteiger partial charge in [-0.25, -0.2) is 9.37 Å². The Balaban J connectivity index is 1.91. The number of nitrogens with one attached hydrogen (secondary N) is 1. The van der Waals surface area contributed by atoms with Crippen molar-refractivity contribution in [3.8, 4) is 6.07 Å². The van der Waals surface area contributed by atoms with Crippen molar-refractivity contribution in [2.24, 2.45) is 0 Å². The molecular formula is C16H13ClFN5O. The first kappa shape index (κ1) is 16.1. The fourth-order valence-electron chi connectivity index (χ4n) is 2.83. The molecule has 0 radical (unpaired) electrons. The van der Waals surface area contributed by atoms with Crippen LogP contribution in [0.3, 0.4) is 0 Å². The van der Waals surface area contributed by atoms with Gasteiger partial charge in [-0.3, -0.25) is 9.78 Å². The highest BCUT2D eigenvalue weighted by Gasteiger charge is 2.39. The molecular weight excluding hydrogens is 333 g/mol. The van der Waals surface area contributed by atoms with Gasteiger partial charge in [0, 0.05) is 13.5 Å². The molecule has 6 nitrogen and oxygen atoms in total. The minimum Gasteiger partial charge on any atom is -0.363 e.